The van der Waals surface area contributed by atoms with Gasteiger partial charge in [0.15, 0.2) is 5.43 Å². The van der Waals surface area contributed by atoms with E-state index in [1.165, 1.54) is 6.07 Å². The van der Waals surface area contributed by atoms with Gasteiger partial charge in [-0.25, -0.2) is 0 Å². The second-order valence-corrected chi connectivity index (χ2v) is 5.65. The van der Waals surface area contributed by atoms with Crippen molar-refractivity contribution >= 4 is 33.8 Å². The van der Waals surface area contributed by atoms with Gasteiger partial charge in [0.1, 0.15) is 0 Å². The number of benzene rings is 1. The van der Waals surface area contributed by atoms with Crippen LogP contribution in [0.15, 0.2) is 52.1 Å². The first-order valence-electron chi connectivity index (χ1n) is 6.59. The molecule has 3 aromatic rings. The van der Waals surface area contributed by atoms with Gasteiger partial charge in [-0.2, -0.15) is 11.3 Å². The smallest absolute Gasteiger partial charge is 0.231 e. The van der Waals surface area contributed by atoms with Crippen molar-refractivity contribution in [1.82, 2.24) is 4.98 Å². The Hall–Kier alpha value is -2.40. The third-order valence-corrected chi connectivity index (χ3v) is 4.16. The molecule has 106 valence electrons. The predicted molar refractivity (Wildman–Crippen MR) is 85.9 cm³/mol. The van der Waals surface area contributed by atoms with Gasteiger partial charge in [-0.3, -0.25) is 9.59 Å². The highest BCUT2D eigenvalue weighted by molar-refractivity contribution is 7.08. The summed E-state index contributed by atoms with van der Waals surface area (Å²) in [5.41, 5.74) is 2.36. The summed E-state index contributed by atoms with van der Waals surface area (Å²) in [6.07, 6.45) is 1.60. The Labute approximate surface area is 125 Å². The summed E-state index contributed by atoms with van der Waals surface area (Å²) in [6, 6.07) is 8.68. The van der Waals surface area contributed by atoms with Crippen LogP contribution in [-0.2, 0) is 4.79 Å². The first kappa shape index (κ1) is 13.6. The minimum atomic E-state index is -0.207. The van der Waals surface area contributed by atoms with E-state index in [9.17, 15) is 9.59 Å². The van der Waals surface area contributed by atoms with Gasteiger partial charge >= 0.3 is 0 Å². The molecule has 1 aromatic carbocycles. The summed E-state index contributed by atoms with van der Waals surface area (Å²) in [4.78, 5) is 26.9. The van der Waals surface area contributed by atoms with Crippen molar-refractivity contribution in [3.05, 3.63) is 63.1 Å². The molecule has 1 amide bonds. The van der Waals surface area contributed by atoms with E-state index in [1.54, 1.807) is 35.7 Å². The predicted octanol–water partition coefficient (Wildman–Crippen LogP) is 3.33. The maximum absolute atomic E-state index is 12.2. The van der Waals surface area contributed by atoms with Gasteiger partial charge in [0, 0.05) is 23.3 Å². The van der Waals surface area contributed by atoms with E-state index in [0.717, 1.165) is 5.56 Å². The molecule has 1 atom stereocenters. The molecule has 0 bridgehead atoms. The molecule has 21 heavy (non-hydrogen) atoms. The monoisotopic (exact) mass is 298 g/mol. The highest BCUT2D eigenvalue weighted by atomic mass is 32.1. The van der Waals surface area contributed by atoms with E-state index in [0.29, 0.717) is 16.6 Å². The molecule has 5 heteroatoms. The van der Waals surface area contributed by atoms with Crippen molar-refractivity contribution in [2.45, 2.75) is 12.8 Å². The number of pyridine rings is 1. The van der Waals surface area contributed by atoms with Gasteiger partial charge in [0.05, 0.1) is 11.4 Å². The molecule has 0 radical (unpaired) electrons. The summed E-state index contributed by atoms with van der Waals surface area (Å²) >= 11 is 1.58. The lowest BCUT2D eigenvalue weighted by molar-refractivity contribution is -0.117. The molecule has 0 aliphatic heterocycles. The van der Waals surface area contributed by atoms with Gasteiger partial charge in [0.2, 0.25) is 5.91 Å². The highest BCUT2D eigenvalue weighted by Gasteiger charge is 2.15. The molecule has 3 rings (SSSR count). The summed E-state index contributed by atoms with van der Waals surface area (Å²) in [5.74, 6) is -0.271. The number of nitrogens with one attached hydrogen (secondary N) is 2. The largest absolute Gasteiger partial charge is 0.361 e. The van der Waals surface area contributed by atoms with Crippen molar-refractivity contribution in [1.29, 1.82) is 0 Å². The van der Waals surface area contributed by atoms with Gasteiger partial charge in [0.25, 0.3) is 0 Å². The zero-order valence-corrected chi connectivity index (χ0v) is 12.2. The molecule has 1 unspecified atom stereocenters. The Morgan fingerprint density at radius 2 is 2.14 bits per heavy atom. The molecule has 2 aromatic heterocycles. The number of aromatic nitrogens is 1. The number of anilines is 1. The summed E-state index contributed by atoms with van der Waals surface area (Å²) in [7, 11) is 0. The van der Waals surface area contributed by atoms with Crippen LogP contribution in [0, 0.1) is 0 Å². The second kappa shape index (κ2) is 5.54. The zero-order valence-electron chi connectivity index (χ0n) is 11.4. The van der Waals surface area contributed by atoms with Crippen molar-refractivity contribution in [3.63, 3.8) is 0 Å². The minimum absolute atomic E-state index is 0.0340. The van der Waals surface area contributed by atoms with Crippen molar-refractivity contribution in [2.75, 3.05) is 5.32 Å². The maximum Gasteiger partial charge on any atom is 0.231 e. The molecular formula is C16H14N2O2S. The second-order valence-electron chi connectivity index (χ2n) is 4.87. The van der Waals surface area contributed by atoms with Crippen LogP contribution < -0.4 is 10.7 Å². The molecule has 0 aliphatic carbocycles. The Bertz CT molecular complexity index is 837. The Balaban J connectivity index is 1.85. The minimum Gasteiger partial charge on any atom is -0.361 e. The van der Waals surface area contributed by atoms with Crippen molar-refractivity contribution < 1.29 is 4.79 Å². The normalized spacial score (nSPS) is 12.2. The topological polar surface area (TPSA) is 62.0 Å². The third kappa shape index (κ3) is 2.73. The molecule has 0 fully saturated rings. The summed E-state index contributed by atoms with van der Waals surface area (Å²) < 4.78 is 0. The van der Waals surface area contributed by atoms with Gasteiger partial charge in [-0.15, -0.1) is 0 Å². The number of thiophene rings is 1. The van der Waals surface area contributed by atoms with Crippen molar-refractivity contribution in [2.24, 2.45) is 0 Å². The number of H-pyrrole nitrogens is 1. The van der Waals surface area contributed by atoms with E-state index >= 15 is 0 Å². The number of aromatic amines is 1. The third-order valence-electron chi connectivity index (χ3n) is 3.46. The van der Waals surface area contributed by atoms with Crippen LogP contribution in [0.1, 0.15) is 18.4 Å². The number of fused-ring (bicyclic) bond motifs is 1. The molecule has 2 N–H and O–H groups in total. The molecule has 0 aliphatic rings. The average molecular weight is 298 g/mol. The Kier molecular flexibility index (Phi) is 3.58. The van der Waals surface area contributed by atoms with Crippen LogP contribution in [0.25, 0.3) is 10.9 Å². The Morgan fingerprint density at radius 3 is 2.90 bits per heavy atom. The summed E-state index contributed by atoms with van der Waals surface area (Å²) in [6.45, 7) is 1.88. The van der Waals surface area contributed by atoms with Crippen LogP contribution in [0.4, 0.5) is 5.69 Å². The molecule has 0 saturated carbocycles. The van der Waals surface area contributed by atoms with Gasteiger partial charge in [-0.1, -0.05) is 0 Å². The summed E-state index contributed by atoms with van der Waals surface area (Å²) in [5, 5.41) is 7.43. The highest BCUT2D eigenvalue weighted by Crippen LogP contribution is 2.21. The van der Waals surface area contributed by atoms with Crippen LogP contribution in [-0.4, -0.2) is 10.9 Å². The fourth-order valence-electron chi connectivity index (χ4n) is 2.18. The fraction of sp³-hybridized carbons (Fsp3) is 0.125. The zero-order chi connectivity index (χ0) is 14.8. The van der Waals surface area contributed by atoms with Crippen LogP contribution in [0.2, 0.25) is 0 Å². The standard InChI is InChI=1S/C16H14N2O2S/c1-10(11-5-7-21-9-11)16(20)18-12-2-3-13-14(8-12)17-6-4-15(13)19/h2-10H,1H3,(H,17,19)(H,18,20). The number of hydrogen-bond donors (Lipinski definition) is 2. The molecule has 0 saturated heterocycles. The molecule has 0 spiro atoms. The lowest BCUT2D eigenvalue weighted by atomic mass is 10.0. The van der Waals surface area contributed by atoms with E-state index in [2.05, 4.69) is 10.3 Å². The fourth-order valence-corrected chi connectivity index (χ4v) is 2.93. The first-order chi connectivity index (χ1) is 10.1. The maximum atomic E-state index is 12.2. The quantitative estimate of drug-likeness (QED) is 0.779. The van der Waals surface area contributed by atoms with Gasteiger partial charge in [-0.05, 0) is 47.5 Å². The van der Waals surface area contributed by atoms with Gasteiger partial charge < -0.3 is 10.3 Å². The van der Waals surface area contributed by atoms with Crippen LogP contribution in [0.5, 0.6) is 0 Å². The Morgan fingerprint density at radius 1 is 1.29 bits per heavy atom. The van der Waals surface area contributed by atoms with E-state index in [4.69, 9.17) is 0 Å². The van der Waals surface area contributed by atoms with Crippen LogP contribution in [0.3, 0.4) is 0 Å². The number of carbonyl (C=O) groups excluding carboxylic acids is 1. The lowest BCUT2D eigenvalue weighted by Gasteiger charge is -2.11. The van der Waals surface area contributed by atoms with Crippen molar-refractivity contribution in [3.8, 4) is 0 Å². The number of hydrogen-bond acceptors (Lipinski definition) is 3. The average Bonchev–Trinajstić information content (AvgIpc) is 3.00. The lowest BCUT2D eigenvalue weighted by Crippen LogP contribution is -2.18. The molecule has 2 heterocycles. The van der Waals surface area contributed by atoms with Crippen LogP contribution >= 0.6 is 11.3 Å². The molecule has 4 nitrogen and oxygen atoms in total. The van der Waals surface area contributed by atoms with E-state index in [-0.39, 0.29) is 17.3 Å². The number of rotatable bonds is 3. The number of carbonyl (C=O) groups is 1. The number of amides is 1. The molecular weight excluding hydrogens is 284 g/mol. The van der Waals surface area contributed by atoms with E-state index in [1.807, 2.05) is 23.8 Å². The first-order valence-corrected chi connectivity index (χ1v) is 7.54. The SMILES string of the molecule is CC(C(=O)Nc1ccc2c(=O)cc[nH]c2c1)c1ccsc1. The van der Waals surface area contributed by atoms with E-state index < -0.39 is 0 Å².